The van der Waals surface area contributed by atoms with Crippen molar-refractivity contribution >= 4 is 52.7 Å². The Morgan fingerprint density at radius 1 is 1.06 bits per heavy atom. The number of furan rings is 1. The molecule has 7 nitrogen and oxygen atoms in total. The van der Waals surface area contributed by atoms with Crippen LogP contribution in [0, 0.1) is 0 Å². The Balaban J connectivity index is 1.85. The van der Waals surface area contributed by atoms with Crippen LogP contribution in [0.15, 0.2) is 71.0 Å². The SMILES string of the molecule is CCOC(=O)c1ccc(NC(=O)C(=Cc2ccc(Cl)cc2Cl)NC(=O)c2ccco2)cc1. The van der Waals surface area contributed by atoms with E-state index in [-0.39, 0.29) is 18.1 Å². The Hall–Kier alpha value is -3.55. The second-order valence-corrected chi connectivity index (χ2v) is 7.25. The standard InChI is InChI=1S/C23H18Cl2N2O5/c1-2-31-23(30)14-6-9-17(10-7-14)26-21(28)19(27-22(29)20-4-3-11-32-20)12-15-5-8-16(24)13-18(15)25/h3-13H,2H2,1H3,(H,26,28)(H,27,29). The van der Waals surface area contributed by atoms with Crippen molar-refractivity contribution in [2.45, 2.75) is 6.92 Å². The van der Waals surface area contributed by atoms with Gasteiger partial charge in [0.2, 0.25) is 0 Å². The van der Waals surface area contributed by atoms with Crippen LogP contribution >= 0.6 is 23.2 Å². The van der Waals surface area contributed by atoms with Gasteiger partial charge in [-0.05, 0) is 67.1 Å². The van der Waals surface area contributed by atoms with Crippen molar-refractivity contribution in [3.8, 4) is 0 Å². The molecule has 0 unspecified atom stereocenters. The molecule has 0 aliphatic carbocycles. The second kappa shape index (κ2) is 10.7. The minimum Gasteiger partial charge on any atom is -0.462 e. The molecule has 0 aliphatic heterocycles. The Kier molecular flexibility index (Phi) is 7.70. The fraction of sp³-hybridized carbons (Fsp3) is 0.0870. The van der Waals surface area contributed by atoms with Crippen LogP contribution in [-0.2, 0) is 9.53 Å². The highest BCUT2D eigenvalue weighted by atomic mass is 35.5. The van der Waals surface area contributed by atoms with Gasteiger partial charge in [-0.3, -0.25) is 9.59 Å². The highest BCUT2D eigenvalue weighted by Gasteiger charge is 2.17. The molecule has 0 fully saturated rings. The van der Waals surface area contributed by atoms with Crippen molar-refractivity contribution in [1.29, 1.82) is 0 Å². The number of esters is 1. The van der Waals surface area contributed by atoms with Crippen LogP contribution in [0.25, 0.3) is 6.08 Å². The summed E-state index contributed by atoms with van der Waals surface area (Å²) in [5.74, 6) is -1.65. The Labute approximate surface area is 194 Å². The molecule has 164 valence electrons. The third-order valence-corrected chi connectivity index (χ3v) is 4.72. The molecule has 32 heavy (non-hydrogen) atoms. The number of ether oxygens (including phenoxy) is 1. The summed E-state index contributed by atoms with van der Waals surface area (Å²) < 4.78 is 10.0. The zero-order chi connectivity index (χ0) is 23.1. The van der Waals surface area contributed by atoms with Crippen molar-refractivity contribution in [1.82, 2.24) is 5.32 Å². The van der Waals surface area contributed by atoms with Gasteiger partial charge in [0.1, 0.15) is 5.70 Å². The van der Waals surface area contributed by atoms with Gasteiger partial charge in [-0.25, -0.2) is 4.79 Å². The van der Waals surface area contributed by atoms with E-state index < -0.39 is 17.8 Å². The minimum atomic E-state index is -0.612. The third-order valence-electron chi connectivity index (χ3n) is 4.15. The summed E-state index contributed by atoms with van der Waals surface area (Å²) in [4.78, 5) is 37.2. The summed E-state index contributed by atoms with van der Waals surface area (Å²) >= 11 is 12.1. The molecule has 0 saturated carbocycles. The number of halogens is 2. The molecule has 3 aromatic rings. The molecule has 1 aromatic heterocycles. The summed E-state index contributed by atoms with van der Waals surface area (Å²) in [6, 6.07) is 13.9. The topological polar surface area (TPSA) is 97.6 Å². The molecule has 2 aromatic carbocycles. The first kappa shape index (κ1) is 23.1. The first-order valence-corrected chi connectivity index (χ1v) is 10.2. The highest BCUT2D eigenvalue weighted by molar-refractivity contribution is 6.35. The maximum Gasteiger partial charge on any atom is 0.338 e. The van der Waals surface area contributed by atoms with Crippen LogP contribution in [-0.4, -0.2) is 24.4 Å². The van der Waals surface area contributed by atoms with Gasteiger partial charge in [-0.2, -0.15) is 0 Å². The van der Waals surface area contributed by atoms with Crippen molar-refractivity contribution < 1.29 is 23.5 Å². The molecule has 0 saturated heterocycles. The Bertz CT molecular complexity index is 1160. The molecule has 0 bridgehead atoms. The predicted octanol–water partition coefficient (Wildman–Crippen LogP) is 5.17. The Morgan fingerprint density at radius 2 is 1.81 bits per heavy atom. The first-order chi connectivity index (χ1) is 15.4. The number of carbonyl (C=O) groups is 3. The van der Waals surface area contributed by atoms with Crippen molar-refractivity contribution in [2.75, 3.05) is 11.9 Å². The van der Waals surface area contributed by atoms with Gasteiger partial charge < -0.3 is 19.8 Å². The fourth-order valence-corrected chi connectivity index (χ4v) is 3.09. The number of hydrogen-bond donors (Lipinski definition) is 2. The van der Waals surface area contributed by atoms with Crippen molar-refractivity contribution in [2.24, 2.45) is 0 Å². The van der Waals surface area contributed by atoms with Gasteiger partial charge >= 0.3 is 5.97 Å². The smallest absolute Gasteiger partial charge is 0.338 e. The lowest BCUT2D eigenvalue weighted by Crippen LogP contribution is -2.30. The summed E-state index contributed by atoms with van der Waals surface area (Å²) in [6.45, 7) is 1.97. The quantitative estimate of drug-likeness (QED) is 0.365. The number of rotatable bonds is 7. The number of anilines is 1. The van der Waals surface area contributed by atoms with Crippen LogP contribution < -0.4 is 10.6 Å². The van der Waals surface area contributed by atoms with E-state index in [1.807, 2.05) is 0 Å². The van der Waals surface area contributed by atoms with E-state index in [4.69, 9.17) is 32.4 Å². The second-order valence-electron chi connectivity index (χ2n) is 6.41. The maximum absolute atomic E-state index is 12.9. The average molecular weight is 473 g/mol. The summed E-state index contributed by atoms with van der Waals surface area (Å²) in [7, 11) is 0. The molecular weight excluding hydrogens is 455 g/mol. The molecule has 0 aliphatic rings. The lowest BCUT2D eigenvalue weighted by atomic mass is 10.1. The normalized spacial score (nSPS) is 11.0. The molecule has 0 radical (unpaired) electrons. The van der Waals surface area contributed by atoms with E-state index in [0.717, 1.165) is 0 Å². The monoisotopic (exact) mass is 472 g/mol. The van der Waals surface area contributed by atoms with Gasteiger partial charge in [0, 0.05) is 15.7 Å². The fourth-order valence-electron chi connectivity index (χ4n) is 2.63. The predicted molar refractivity (Wildman–Crippen MR) is 122 cm³/mol. The van der Waals surface area contributed by atoms with Gasteiger partial charge in [-0.15, -0.1) is 0 Å². The zero-order valence-corrected chi connectivity index (χ0v) is 18.4. The number of amides is 2. The molecule has 2 N–H and O–H groups in total. The lowest BCUT2D eigenvalue weighted by Gasteiger charge is -2.11. The minimum absolute atomic E-state index is 0.0321. The molecule has 0 spiro atoms. The summed E-state index contributed by atoms with van der Waals surface area (Å²) in [5, 5.41) is 5.92. The van der Waals surface area contributed by atoms with Crippen LogP contribution in [0.3, 0.4) is 0 Å². The number of hydrogen-bond acceptors (Lipinski definition) is 5. The van der Waals surface area contributed by atoms with Crippen LogP contribution in [0.5, 0.6) is 0 Å². The molecule has 0 atom stereocenters. The summed E-state index contributed by atoms with van der Waals surface area (Å²) in [6.07, 6.45) is 2.77. The van der Waals surface area contributed by atoms with E-state index in [2.05, 4.69) is 10.6 Å². The zero-order valence-electron chi connectivity index (χ0n) is 16.9. The van der Waals surface area contributed by atoms with Crippen LogP contribution in [0.4, 0.5) is 5.69 Å². The number of carbonyl (C=O) groups excluding carboxylic acids is 3. The van der Waals surface area contributed by atoms with Crippen molar-refractivity contribution in [3.63, 3.8) is 0 Å². The molecule has 3 rings (SSSR count). The first-order valence-electron chi connectivity index (χ1n) is 9.47. The van der Waals surface area contributed by atoms with E-state index in [0.29, 0.717) is 26.9 Å². The van der Waals surface area contributed by atoms with Gasteiger partial charge in [-0.1, -0.05) is 29.3 Å². The van der Waals surface area contributed by atoms with Gasteiger partial charge in [0.25, 0.3) is 11.8 Å². The maximum atomic E-state index is 12.9. The van der Waals surface area contributed by atoms with Crippen LogP contribution in [0.1, 0.15) is 33.4 Å². The van der Waals surface area contributed by atoms with E-state index in [1.54, 1.807) is 37.3 Å². The van der Waals surface area contributed by atoms with Gasteiger partial charge in [0.15, 0.2) is 5.76 Å². The summed E-state index contributed by atoms with van der Waals surface area (Å²) in [5.41, 5.74) is 1.15. The number of nitrogens with one attached hydrogen (secondary N) is 2. The molecular formula is C23H18Cl2N2O5. The van der Waals surface area contributed by atoms with Gasteiger partial charge in [0.05, 0.1) is 18.4 Å². The molecule has 1 heterocycles. The van der Waals surface area contributed by atoms with Crippen molar-refractivity contribution in [3.05, 3.63) is 93.5 Å². The Morgan fingerprint density at radius 3 is 2.44 bits per heavy atom. The third kappa shape index (κ3) is 6.00. The highest BCUT2D eigenvalue weighted by Crippen LogP contribution is 2.23. The van der Waals surface area contributed by atoms with E-state index in [1.165, 1.54) is 36.6 Å². The van der Waals surface area contributed by atoms with E-state index in [9.17, 15) is 14.4 Å². The van der Waals surface area contributed by atoms with E-state index >= 15 is 0 Å². The lowest BCUT2D eigenvalue weighted by molar-refractivity contribution is -0.113. The molecule has 9 heteroatoms. The largest absolute Gasteiger partial charge is 0.462 e. The van der Waals surface area contributed by atoms with Crippen LogP contribution in [0.2, 0.25) is 10.0 Å². The number of benzene rings is 2. The average Bonchev–Trinajstić information content (AvgIpc) is 3.30. The molecule has 2 amide bonds.